The van der Waals surface area contributed by atoms with Gasteiger partial charge in [0, 0.05) is 11.4 Å². The van der Waals surface area contributed by atoms with Crippen LogP contribution in [0.15, 0.2) is 30.3 Å². The van der Waals surface area contributed by atoms with Crippen LogP contribution < -0.4 is 5.32 Å². The molecular weight excluding hydrogens is 335 g/mol. The number of benzene rings is 1. The van der Waals surface area contributed by atoms with E-state index in [1.807, 2.05) is 20.8 Å². The van der Waals surface area contributed by atoms with Gasteiger partial charge in [0.2, 0.25) is 0 Å². The van der Waals surface area contributed by atoms with Crippen molar-refractivity contribution >= 4 is 11.9 Å². The topological polar surface area (TPSA) is 60.3 Å². The number of halogens is 1. The number of methoxy groups -OCH3 is 1. The van der Waals surface area contributed by atoms with Crippen LogP contribution in [0.4, 0.5) is 4.39 Å². The minimum absolute atomic E-state index is 0.213. The number of esters is 1. The maximum absolute atomic E-state index is 14.2. The maximum atomic E-state index is 14.2. The van der Waals surface area contributed by atoms with E-state index in [0.717, 1.165) is 5.69 Å². The lowest BCUT2D eigenvalue weighted by Crippen LogP contribution is -2.42. The molecule has 6 heteroatoms. The molecule has 5 nitrogen and oxygen atoms in total. The molecule has 140 valence electrons. The van der Waals surface area contributed by atoms with Crippen molar-refractivity contribution in [3.63, 3.8) is 0 Å². The number of ether oxygens (including phenoxy) is 1. The third-order valence-electron chi connectivity index (χ3n) is 4.27. The Bertz CT molecular complexity index is 811. The molecule has 0 bridgehead atoms. The van der Waals surface area contributed by atoms with Crippen LogP contribution in [0.1, 0.15) is 42.0 Å². The smallest absolute Gasteiger partial charge is 0.328 e. The van der Waals surface area contributed by atoms with Crippen LogP contribution in [0, 0.1) is 25.6 Å². The molecule has 1 aromatic carbocycles. The minimum Gasteiger partial charge on any atom is -0.467 e. The number of para-hydroxylation sites is 1. The Kier molecular flexibility index (Phi) is 6.18. The maximum Gasteiger partial charge on any atom is 0.328 e. The van der Waals surface area contributed by atoms with Gasteiger partial charge in [0.25, 0.3) is 5.91 Å². The highest BCUT2D eigenvalue weighted by Gasteiger charge is 2.25. The molecule has 0 aliphatic carbocycles. The molecule has 0 saturated heterocycles. The molecule has 0 aliphatic rings. The van der Waals surface area contributed by atoms with Crippen molar-refractivity contribution in [2.75, 3.05) is 7.11 Å². The van der Waals surface area contributed by atoms with Gasteiger partial charge in [0.05, 0.1) is 18.4 Å². The molecule has 1 heterocycles. The lowest BCUT2D eigenvalue weighted by Gasteiger charge is -2.18. The summed E-state index contributed by atoms with van der Waals surface area (Å²) in [4.78, 5) is 24.7. The molecule has 2 rings (SSSR count). The summed E-state index contributed by atoms with van der Waals surface area (Å²) < 4.78 is 20.6. The number of hydrogen-bond acceptors (Lipinski definition) is 3. The second-order valence-corrected chi connectivity index (χ2v) is 6.75. The van der Waals surface area contributed by atoms with Crippen LogP contribution in [0.25, 0.3) is 5.69 Å². The summed E-state index contributed by atoms with van der Waals surface area (Å²) in [7, 11) is 1.30. The zero-order valence-corrected chi connectivity index (χ0v) is 15.8. The molecule has 0 radical (unpaired) electrons. The van der Waals surface area contributed by atoms with Gasteiger partial charge in [-0.25, -0.2) is 9.18 Å². The molecule has 2 aromatic rings. The number of carbonyl (C=O) groups is 2. The van der Waals surface area contributed by atoms with E-state index in [4.69, 9.17) is 4.74 Å². The predicted octanol–water partition coefficient (Wildman–Crippen LogP) is 3.55. The van der Waals surface area contributed by atoms with Gasteiger partial charge >= 0.3 is 5.97 Å². The molecule has 0 saturated carbocycles. The summed E-state index contributed by atoms with van der Waals surface area (Å²) in [6.07, 6.45) is 0.477. The zero-order valence-electron chi connectivity index (χ0n) is 15.8. The number of amides is 1. The van der Waals surface area contributed by atoms with Gasteiger partial charge in [0.1, 0.15) is 11.9 Å². The number of nitrogens with one attached hydrogen (secondary N) is 1. The van der Waals surface area contributed by atoms with E-state index in [2.05, 4.69) is 5.32 Å². The van der Waals surface area contributed by atoms with Crippen molar-refractivity contribution in [1.82, 2.24) is 9.88 Å². The van der Waals surface area contributed by atoms with Gasteiger partial charge in [0.15, 0.2) is 0 Å². The third-order valence-corrected chi connectivity index (χ3v) is 4.27. The van der Waals surface area contributed by atoms with Crippen LogP contribution in [0.2, 0.25) is 0 Å². The lowest BCUT2D eigenvalue weighted by molar-refractivity contribution is -0.143. The van der Waals surface area contributed by atoms with E-state index in [1.54, 1.807) is 35.8 Å². The van der Waals surface area contributed by atoms with Gasteiger partial charge in [-0.1, -0.05) is 26.0 Å². The number of aryl methyl sites for hydroxylation is 1. The number of carbonyl (C=O) groups excluding carboxylic acids is 2. The Labute approximate surface area is 153 Å². The molecule has 1 amide bonds. The van der Waals surface area contributed by atoms with Crippen LogP contribution in [-0.2, 0) is 9.53 Å². The molecule has 1 N–H and O–H groups in total. The Morgan fingerprint density at radius 2 is 1.88 bits per heavy atom. The molecule has 1 unspecified atom stereocenters. The highest BCUT2D eigenvalue weighted by atomic mass is 19.1. The first kappa shape index (κ1) is 19.7. The lowest BCUT2D eigenvalue weighted by atomic mass is 10.0. The van der Waals surface area contributed by atoms with E-state index < -0.39 is 12.0 Å². The fraction of sp³-hybridized carbons (Fsp3) is 0.400. The van der Waals surface area contributed by atoms with Gasteiger partial charge in [-0.3, -0.25) is 4.79 Å². The molecule has 1 atom stereocenters. The van der Waals surface area contributed by atoms with Crippen molar-refractivity contribution in [1.29, 1.82) is 0 Å². The zero-order chi connectivity index (χ0) is 19.4. The first-order valence-electron chi connectivity index (χ1n) is 8.58. The van der Waals surface area contributed by atoms with Crippen molar-refractivity contribution < 1.29 is 18.7 Å². The Balaban J connectivity index is 2.34. The summed E-state index contributed by atoms with van der Waals surface area (Å²) in [5, 5.41) is 2.74. The van der Waals surface area contributed by atoms with Gasteiger partial charge in [-0.05, 0) is 44.4 Å². The predicted molar refractivity (Wildman–Crippen MR) is 97.9 cm³/mol. The monoisotopic (exact) mass is 360 g/mol. The van der Waals surface area contributed by atoms with Gasteiger partial charge in [-0.2, -0.15) is 0 Å². The fourth-order valence-electron chi connectivity index (χ4n) is 3.06. The van der Waals surface area contributed by atoms with Crippen LogP contribution in [0.5, 0.6) is 0 Å². The summed E-state index contributed by atoms with van der Waals surface area (Å²) in [5.74, 6) is -1.01. The molecule has 0 aliphatic heterocycles. The van der Waals surface area contributed by atoms with E-state index in [-0.39, 0.29) is 17.6 Å². The SMILES string of the molecule is COC(=O)C(CC(C)C)NC(=O)c1cc(C)n(-c2ccccc2F)c1C. The minimum atomic E-state index is -0.719. The number of hydrogen-bond donors (Lipinski definition) is 1. The van der Waals surface area contributed by atoms with E-state index in [0.29, 0.717) is 23.4 Å². The molecule has 26 heavy (non-hydrogen) atoms. The molecular formula is C20H25FN2O3. The van der Waals surface area contributed by atoms with E-state index in [9.17, 15) is 14.0 Å². The number of nitrogens with zero attached hydrogens (tertiary/aromatic N) is 1. The standard InChI is InChI=1S/C20H25FN2O3/c1-12(2)10-17(20(25)26-5)22-19(24)15-11-13(3)23(14(15)4)18-9-7-6-8-16(18)21/h6-9,11-12,17H,10H2,1-5H3,(H,22,24). The number of aromatic nitrogens is 1. The van der Waals surface area contributed by atoms with Crippen molar-refractivity contribution in [2.24, 2.45) is 5.92 Å². The fourth-order valence-corrected chi connectivity index (χ4v) is 3.06. The molecule has 0 fully saturated rings. The van der Waals surface area contributed by atoms with Crippen molar-refractivity contribution in [2.45, 2.75) is 40.2 Å². The Hall–Kier alpha value is -2.63. The second-order valence-electron chi connectivity index (χ2n) is 6.75. The molecule has 1 aromatic heterocycles. The normalized spacial score (nSPS) is 12.1. The highest BCUT2D eigenvalue weighted by molar-refractivity contribution is 5.98. The first-order valence-corrected chi connectivity index (χ1v) is 8.58. The third kappa shape index (κ3) is 4.12. The van der Waals surface area contributed by atoms with Gasteiger partial charge < -0.3 is 14.6 Å². The van der Waals surface area contributed by atoms with Crippen LogP contribution >= 0.6 is 0 Å². The largest absolute Gasteiger partial charge is 0.467 e. The summed E-state index contributed by atoms with van der Waals surface area (Å²) in [5.41, 5.74) is 2.13. The van der Waals surface area contributed by atoms with Crippen LogP contribution in [0.3, 0.4) is 0 Å². The average molecular weight is 360 g/mol. The Morgan fingerprint density at radius 3 is 2.46 bits per heavy atom. The van der Waals surface area contributed by atoms with Crippen molar-refractivity contribution in [3.05, 3.63) is 53.1 Å². The van der Waals surface area contributed by atoms with E-state index >= 15 is 0 Å². The quantitative estimate of drug-likeness (QED) is 0.802. The Morgan fingerprint density at radius 1 is 1.23 bits per heavy atom. The first-order chi connectivity index (χ1) is 12.3. The molecule has 0 spiro atoms. The average Bonchev–Trinajstić information content (AvgIpc) is 2.88. The van der Waals surface area contributed by atoms with E-state index in [1.165, 1.54) is 13.2 Å². The highest BCUT2D eigenvalue weighted by Crippen LogP contribution is 2.23. The van der Waals surface area contributed by atoms with Crippen LogP contribution in [-0.4, -0.2) is 29.6 Å². The van der Waals surface area contributed by atoms with Crippen molar-refractivity contribution in [3.8, 4) is 5.69 Å². The second kappa shape index (κ2) is 8.17. The number of rotatable bonds is 6. The van der Waals surface area contributed by atoms with Gasteiger partial charge in [-0.15, -0.1) is 0 Å². The summed E-state index contributed by atoms with van der Waals surface area (Å²) in [6.45, 7) is 7.49. The summed E-state index contributed by atoms with van der Waals surface area (Å²) in [6, 6.07) is 7.38. The summed E-state index contributed by atoms with van der Waals surface area (Å²) >= 11 is 0.